The lowest BCUT2D eigenvalue weighted by Gasteiger charge is -2.48. The number of β-lactam (4-membered cyclic amide) rings is 1. The molecule has 2 rings (SSSR count). The van der Waals surface area contributed by atoms with Crippen LogP contribution in [-0.4, -0.2) is 44.0 Å². The van der Waals surface area contributed by atoms with Gasteiger partial charge in [0.2, 0.25) is 0 Å². The average molecular weight is 342 g/mol. The number of imide groups is 1. The minimum Gasteiger partial charge on any atom is -0.449 e. The largest absolute Gasteiger partial charge is 0.449 e. The molecule has 1 heterocycles. The number of hydrogen-bond acceptors (Lipinski definition) is 4. The molecule has 0 radical (unpaired) electrons. The Morgan fingerprint density at radius 3 is 2.22 bits per heavy atom. The lowest BCUT2D eigenvalue weighted by atomic mass is 9.94. The van der Waals surface area contributed by atoms with Gasteiger partial charge in [-0.3, -0.25) is 4.79 Å². The Labute approximate surface area is 140 Å². The maximum absolute atomic E-state index is 12.5. The second-order valence-corrected chi connectivity index (χ2v) is 12.0. The van der Waals surface area contributed by atoms with E-state index >= 15 is 0 Å². The van der Waals surface area contributed by atoms with E-state index in [2.05, 4.69) is 20.8 Å². The fraction of sp³-hybridized carbons (Fsp3) is 0.882. The third kappa shape index (κ3) is 3.79. The maximum atomic E-state index is 12.5. The number of ether oxygens (including phenoxy) is 1. The van der Waals surface area contributed by atoms with Gasteiger partial charge in [0, 0.05) is 0 Å². The molecule has 0 aromatic carbocycles. The van der Waals surface area contributed by atoms with Gasteiger partial charge in [0.1, 0.15) is 6.10 Å². The van der Waals surface area contributed by atoms with Crippen molar-refractivity contribution in [2.24, 2.45) is 11.8 Å². The van der Waals surface area contributed by atoms with Crippen molar-refractivity contribution in [3.63, 3.8) is 0 Å². The Balaban J connectivity index is 2.05. The van der Waals surface area contributed by atoms with E-state index in [1.165, 1.54) is 4.90 Å². The minimum atomic E-state index is -1.85. The van der Waals surface area contributed by atoms with Crippen molar-refractivity contribution >= 4 is 20.3 Å². The Kier molecular flexibility index (Phi) is 5.89. The summed E-state index contributed by atoms with van der Waals surface area (Å²) in [5.41, 5.74) is 0. The molecule has 5 nitrogen and oxygen atoms in total. The maximum Gasteiger partial charge on any atom is 0.416 e. The molecule has 2 fully saturated rings. The average Bonchev–Trinajstić information content (AvgIpc) is 3.36. The molecule has 1 saturated carbocycles. The van der Waals surface area contributed by atoms with Gasteiger partial charge in [0.25, 0.3) is 5.91 Å². The fourth-order valence-corrected chi connectivity index (χ4v) is 6.07. The van der Waals surface area contributed by atoms with Gasteiger partial charge in [0.05, 0.1) is 12.6 Å². The van der Waals surface area contributed by atoms with Gasteiger partial charge >= 0.3 is 6.09 Å². The second-order valence-electron chi connectivity index (χ2n) is 7.29. The van der Waals surface area contributed by atoms with E-state index in [9.17, 15) is 9.59 Å². The standard InChI is InChI=1S/C17H31NO4Si/c1-6-23(7-2,8-3)22-15-14(13-9-10-13)18(16(15)19)17(20)21-11-12(4)5/h12-15H,6-11H2,1-5H3/t14-,15+/m1/s1. The number of amides is 2. The second kappa shape index (κ2) is 7.34. The third-order valence-corrected chi connectivity index (χ3v) is 9.86. The number of carbonyl (C=O) groups is 2. The van der Waals surface area contributed by atoms with Crippen LogP contribution in [0.1, 0.15) is 47.5 Å². The molecule has 2 atom stereocenters. The van der Waals surface area contributed by atoms with E-state index in [0.717, 1.165) is 31.0 Å². The summed E-state index contributed by atoms with van der Waals surface area (Å²) in [7, 11) is -1.85. The molecular formula is C17H31NO4Si. The monoisotopic (exact) mass is 341 g/mol. The number of rotatable bonds is 8. The highest BCUT2D eigenvalue weighted by Crippen LogP contribution is 2.44. The van der Waals surface area contributed by atoms with Crippen LogP contribution in [0, 0.1) is 11.8 Å². The van der Waals surface area contributed by atoms with Crippen molar-refractivity contribution in [2.45, 2.75) is 77.7 Å². The predicted molar refractivity (Wildman–Crippen MR) is 91.6 cm³/mol. The van der Waals surface area contributed by atoms with Crippen LogP contribution in [0.3, 0.4) is 0 Å². The first-order valence-corrected chi connectivity index (χ1v) is 11.6. The van der Waals surface area contributed by atoms with Crippen molar-refractivity contribution in [1.29, 1.82) is 0 Å². The molecule has 0 bridgehead atoms. The first-order valence-electron chi connectivity index (χ1n) is 9.06. The zero-order valence-electron chi connectivity index (χ0n) is 15.1. The first kappa shape index (κ1) is 18.5. The van der Waals surface area contributed by atoms with E-state index in [-0.39, 0.29) is 17.9 Å². The first-order chi connectivity index (χ1) is 10.9. The number of likely N-dealkylation sites (tertiary alicyclic amines) is 1. The summed E-state index contributed by atoms with van der Waals surface area (Å²) in [5, 5.41) is 0. The lowest BCUT2D eigenvalue weighted by Crippen LogP contribution is -2.70. The van der Waals surface area contributed by atoms with Crippen LogP contribution in [0.2, 0.25) is 18.1 Å². The summed E-state index contributed by atoms with van der Waals surface area (Å²) in [4.78, 5) is 26.1. The highest BCUT2D eigenvalue weighted by atomic mass is 28.4. The van der Waals surface area contributed by atoms with E-state index in [4.69, 9.17) is 9.16 Å². The number of carbonyl (C=O) groups excluding carboxylic acids is 2. The molecular weight excluding hydrogens is 310 g/mol. The number of nitrogens with zero attached hydrogens (tertiary/aromatic N) is 1. The predicted octanol–water partition coefficient (Wildman–Crippen LogP) is 3.79. The summed E-state index contributed by atoms with van der Waals surface area (Å²) in [6, 6.07) is 2.94. The zero-order chi connectivity index (χ0) is 17.2. The van der Waals surface area contributed by atoms with Crippen molar-refractivity contribution in [3.05, 3.63) is 0 Å². The summed E-state index contributed by atoms with van der Waals surface area (Å²) in [6.07, 6.45) is 1.24. The van der Waals surface area contributed by atoms with Crippen LogP contribution >= 0.6 is 0 Å². The Bertz CT molecular complexity index is 438. The van der Waals surface area contributed by atoms with Gasteiger partial charge in [-0.1, -0.05) is 34.6 Å². The molecule has 2 amide bonds. The Hall–Kier alpha value is -0.883. The molecule has 0 aromatic rings. The fourth-order valence-electron chi connectivity index (χ4n) is 3.29. The molecule has 6 heteroatoms. The molecule has 0 spiro atoms. The van der Waals surface area contributed by atoms with Crippen molar-refractivity contribution < 1.29 is 18.8 Å². The summed E-state index contributed by atoms with van der Waals surface area (Å²) in [6.45, 7) is 10.8. The summed E-state index contributed by atoms with van der Waals surface area (Å²) >= 11 is 0. The van der Waals surface area contributed by atoms with E-state index in [1.807, 2.05) is 13.8 Å². The molecule has 1 aliphatic carbocycles. The van der Waals surface area contributed by atoms with Gasteiger partial charge < -0.3 is 9.16 Å². The van der Waals surface area contributed by atoms with Crippen LogP contribution in [0.25, 0.3) is 0 Å². The van der Waals surface area contributed by atoms with Crippen LogP contribution in [0.5, 0.6) is 0 Å². The number of hydrogen-bond donors (Lipinski definition) is 0. The highest BCUT2D eigenvalue weighted by molar-refractivity contribution is 6.73. The quantitative estimate of drug-likeness (QED) is 0.498. The van der Waals surface area contributed by atoms with E-state index < -0.39 is 20.5 Å². The van der Waals surface area contributed by atoms with Gasteiger partial charge in [-0.2, -0.15) is 0 Å². The van der Waals surface area contributed by atoms with Gasteiger partial charge in [0.15, 0.2) is 8.32 Å². The van der Waals surface area contributed by atoms with Crippen LogP contribution < -0.4 is 0 Å². The normalized spacial score (nSPS) is 24.8. The van der Waals surface area contributed by atoms with Crippen LogP contribution in [0.4, 0.5) is 4.79 Å². The van der Waals surface area contributed by atoms with Gasteiger partial charge in [-0.15, -0.1) is 0 Å². The topological polar surface area (TPSA) is 55.8 Å². The molecule has 0 unspecified atom stereocenters. The summed E-state index contributed by atoms with van der Waals surface area (Å²) in [5.74, 6) is 0.478. The molecule has 2 aliphatic rings. The van der Waals surface area contributed by atoms with Gasteiger partial charge in [-0.25, -0.2) is 9.69 Å². The summed E-state index contributed by atoms with van der Waals surface area (Å²) < 4.78 is 11.7. The zero-order valence-corrected chi connectivity index (χ0v) is 16.1. The van der Waals surface area contributed by atoms with E-state index in [0.29, 0.717) is 12.5 Å². The third-order valence-electron chi connectivity index (χ3n) is 5.24. The highest BCUT2D eigenvalue weighted by Gasteiger charge is 2.59. The van der Waals surface area contributed by atoms with Crippen LogP contribution in [0.15, 0.2) is 0 Å². The smallest absolute Gasteiger partial charge is 0.416 e. The molecule has 23 heavy (non-hydrogen) atoms. The molecule has 0 N–H and O–H groups in total. The van der Waals surface area contributed by atoms with Crippen molar-refractivity contribution in [2.75, 3.05) is 6.61 Å². The Morgan fingerprint density at radius 2 is 1.78 bits per heavy atom. The van der Waals surface area contributed by atoms with Crippen molar-refractivity contribution in [1.82, 2.24) is 4.90 Å². The Morgan fingerprint density at radius 1 is 1.22 bits per heavy atom. The minimum absolute atomic E-state index is 0.0984. The molecule has 1 saturated heterocycles. The molecule has 132 valence electrons. The molecule has 0 aromatic heterocycles. The molecule has 1 aliphatic heterocycles. The SMILES string of the molecule is CC[Si](CC)(CC)O[C@@H]1C(=O)N(C(=O)OCC(C)C)[C@@H]1C1CC1. The van der Waals surface area contributed by atoms with E-state index in [1.54, 1.807) is 0 Å². The van der Waals surface area contributed by atoms with Gasteiger partial charge in [-0.05, 0) is 42.8 Å². The lowest BCUT2D eigenvalue weighted by molar-refractivity contribution is -0.161. The van der Waals surface area contributed by atoms with Crippen LogP contribution in [-0.2, 0) is 14.0 Å². The van der Waals surface area contributed by atoms with Crippen molar-refractivity contribution in [3.8, 4) is 0 Å².